The predicted molar refractivity (Wildman–Crippen MR) is 77.8 cm³/mol. The van der Waals surface area contributed by atoms with E-state index < -0.39 is 11.7 Å². The van der Waals surface area contributed by atoms with E-state index in [9.17, 15) is 9.18 Å². The minimum Gasteiger partial charge on any atom is -0.321 e. The zero-order chi connectivity index (χ0) is 14.0. The predicted octanol–water partition coefficient (Wildman–Crippen LogP) is 4.33. The summed E-state index contributed by atoms with van der Waals surface area (Å²) in [5.74, 6) is -1.15. The Balaban J connectivity index is 2.30. The number of amides is 1. The average Bonchev–Trinajstić information content (AvgIpc) is 2.36. The summed E-state index contributed by atoms with van der Waals surface area (Å²) < 4.78 is 13.6. The monoisotopic (exact) mass is 295 g/mol. The lowest BCUT2D eigenvalue weighted by Crippen LogP contribution is -2.14. The van der Waals surface area contributed by atoms with Crippen molar-refractivity contribution < 1.29 is 9.18 Å². The Morgan fingerprint density at radius 2 is 2.00 bits per heavy atom. The van der Waals surface area contributed by atoms with Gasteiger partial charge >= 0.3 is 0 Å². The van der Waals surface area contributed by atoms with Crippen LogP contribution in [-0.2, 0) is 0 Å². The quantitative estimate of drug-likeness (QED) is 0.793. The Labute approximate surface area is 121 Å². The van der Waals surface area contributed by atoms with E-state index >= 15 is 0 Å². The highest BCUT2D eigenvalue weighted by atomic mass is 35.5. The summed E-state index contributed by atoms with van der Waals surface area (Å²) in [6, 6.07) is 9.29. The van der Waals surface area contributed by atoms with Gasteiger partial charge < -0.3 is 5.32 Å². The van der Waals surface area contributed by atoms with Crippen molar-refractivity contribution in [1.29, 1.82) is 0 Å². The van der Waals surface area contributed by atoms with Crippen molar-refractivity contribution in [3.05, 3.63) is 58.4 Å². The molecule has 0 fully saturated rings. The van der Waals surface area contributed by atoms with Crippen LogP contribution in [0.25, 0.3) is 0 Å². The molecule has 0 radical (unpaired) electrons. The fourth-order valence-electron chi connectivity index (χ4n) is 1.61. The summed E-state index contributed by atoms with van der Waals surface area (Å²) in [6.45, 7) is 1.88. The van der Waals surface area contributed by atoms with E-state index in [0.717, 1.165) is 5.56 Å². The molecule has 0 aliphatic rings. The van der Waals surface area contributed by atoms with Gasteiger partial charge in [-0.05, 0) is 42.8 Å². The van der Waals surface area contributed by atoms with Crippen molar-refractivity contribution >= 4 is 35.8 Å². The fourth-order valence-corrected chi connectivity index (χ4v) is 1.98. The number of benzene rings is 2. The number of rotatable bonds is 2. The number of aryl methyl sites for hydroxylation is 1. The molecule has 0 aliphatic heterocycles. The molecular formula is C14H11ClFNOS. The molecule has 1 amide bonds. The number of halogens is 2. The Morgan fingerprint density at radius 3 is 2.74 bits per heavy atom. The molecular weight excluding hydrogens is 285 g/mol. The molecule has 1 N–H and O–H groups in total. The topological polar surface area (TPSA) is 29.1 Å². The van der Waals surface area contributed by atoms with Crippen molar-refractivity contribution in [3.8, 4) is 0 Å². The first-order valence-corrected chi connectivity index (χ1v) is 6.36. The summed E-state index contributed by atoms with van der Waals surface area (Å²) in [5.41, 5.74) is 1.34. The van der Waals surface area contributed by atoms with E-state index in [1.54, 1.807) is 12.1 Å². The number of hydrogen-bond acceptors (Lipinski definition) is 2. The normalized spacial score (nSPS) is 10.3. The van der Waals surface area contributed by atoms with Crippen molar-refractivity contribution in [1.82, 2.24) is 0 Å². The molecule has 0 saturated heterocycles. The number of nitrogens with one attached hydrogen (secondary N) is 1. The van der Waals surface area contributed by atoms with Gasteiger partial charge in [0.25, 0.3) is 5.91 Å². The van der Waals surface area contributed by atoms with E-state index in [2.05, 4.69) is 17.9 Å². The van der Waals surface area contributed by atoms with E-state index in [1.165, 1.54) is 18.2 Å². The summed E-state index contributed by atoms with van der Waals surface area (Å²) in [5, 5.41) is 2.99. The van der Waals surface area contributed by atoms with E-state index in [1.807, 2.05) is 13.0 Å². The van der Waals surface area contributed by atoms with Crippen LogP contribution in [0.2, 0.25) is 5.02 Å². The maximum Gasteiger partial charge on any atom is 0.258 e. The summed E-state index contributed by atoms with van der Waals surface area (Å²) in [6.07, 6.45) is 0. The Bertz CT molecular complexity index is 645. The molecule has 0 heterocycles. The second-order valence-corrected chi connectivity index (χ2v) is 5.03. The fraction of sp³-hybridized carbons (Fsp3) is 0.0714. The SMILES string of the molecule is Cc1ccc(Cl)c(NC(=O)c2cc(S)ccc2F)c1. The van der Waals surface area contributed by atoms with Gasteiger partial charge in [0.05, 0.1) is 16.3 Å². The molecule has 2 rings (SSSR count). The van der Waals surface area contributed by atoms with Gasteiger partial charge in [0.1, 0.15) is 5.82 Å². The van der Waals surface area contributed by atoms with Crippen LogP contribution in [0.4, 0.5) is 10.1 Å². The molecule has 2 aromatic rings. The first-order chi connectivity index (χ1) is 8.97. The maximum atomic E-state index is 13.6. The lowest BCUT2D eigenvalue weighted by atomic mass is 10.1. The molecule has 0 aromatic heterocycles. The first kappa shape index (κ1) is 13.9. The average molecular weight is 296 g/mol. The van der Waals surface area contributed by atoms with Crippen LogP contribution in [0.15, 0.2) is 41.3 Å². The van der Waals surface area contributed by atoms with Crippen molar-refractivity contribution in [2.24, 2.45) is 0 Å². The molecule has 0 unspecified atom stereocenters. The third kappa shape index (κ3) is 3.28. The molecule has 0 spiro atoms. The van der Waals surface area contributed by atoms with E-state index in [-0.39, 0.29) is 5.56 Å². The largest absolute Gasteiger partial charge is 0.321 e. The van der Waals surface area contributed by atoms with Gasteiger partial charge in [-0.15, -0.1) is 12.6 Å². The number of hydrogen-bond donors (Lipinski definition) is 2. The highest BCUT2D eigenvalue weighted by Gasteiger charge is 2.13. The molecule has 0 bridgehead atoms. The number of carbonyl (C=O) groups excluding carboxylic acids is 1. The lowest BCUT2D eigenvalue weighted by molar-refractivity contribution is 0.102. The Hall–Kier alpha value is -1.52. The van der Waals surface area contributed by atoms with Gasteiger partial charge in [-0.1, -0.05) is 17.7 Å². The van der Waals surface area contributed by atoms with Crippen LogP contribution in [0.5, 0.6) is 0 Å². The lowest BCUT2D eigenvalue weighted by Gasteiger charge is -2.09. The third-order valence-electron chi connectivity index (χ3n) is 2.56. The van der Waals surface area contributed by atoms with Crippen LogP contribution >= 0.6 is 24.2 Å². The van der Waals surface area contributed by atoms with Crippen LogP contribution < -0.4 is 5.32 Å². The van der Waals surface area contributed by atoms with Gasteiger partial charge in [0.2, 0.25) is 0 Å². The number of thiol groups is 1. The van der Waals surface area contributed by atoms with Crippen LogP contribution in [-0.4, -0.2) is 5.91 Å². The van der Waals surface area contributed by atoms with E-state index in [4.69, 9.17) is 11.6 Å². The van der Waals surface area contributed by atoms with Crippen molar-refractivity contribution in [3.63, 3.8) is 0 Å². The maximum absolute atomic E-state index is 13.6. The Morgan fingerprint density at radius 1 is 1.26 bits per heavy atom. The molecule has 19 heavy (non-hydrogen) atoms. The highest BCUT2D eigenvalue weighted by molar-refractivity contribution is 7.80. The zero-order valence-corrected chi connectivity index (χ0v) is 11.7. The second kappa shape index (κ2) is 5.63. The van der Waals surface area contributed by atoms with Crippen molar-refractivity contribution in [2.75, 3.05) is 5.32 Å². The van der Waals surface area contributed by atoms with Gasteiger partial charge in [-0.3, -0.25) is 4.79 Å². The van der Waals surface area contributed by atoms with E-state index in [0.29, 0.717) is 15.6 Å². The number of carbonyl (C=O) groups is 1. The molecule has 2 aromatic carbocycles. The smallest absolute Gasteiger partial charge is 0.258 e. The van der Waals surface area contributed by atoms with Crippen LogP contribution in [0.3, 0.4) is 0 Å². The third-order valence-corrected chi connectivity index (χ3v) is 3.17. The van der Waals surface area contributed by atoms with Gasteiger partial charge in [-0.25, -0.2) is 4.39 Å². The highest BCUT2D eigenvalue weighted by Crippen LogP contribution is 2.24. The number of anilines is 1. The molecule has 0 aliphatic carbocycles. The van der Waals surface area contributed by atoms with Crippen LogP contribution in [0, 0.1) is 12.7 Å². The molecule has 98 valence electrons. The summed E-state index contributed by atoms with van der Waals surface area (Å²) in [4.78, 5) is 12.5. The minimum absolute atomic E-state index is 0.0647. The first-order valence-electron chi connectivity index (χ1n) is 5.53. The standard InChI is InChI=1S/C14H11ClFNOS/c1-8-2-4-11(15)13(6-8)17-14(18)10-7-9(19)3-5-12(10)16/h2-7,19H,1H3,(H,17,18). The van der Waals surface area contributed by atoms with Gasteiger partial charge in [0, 0.05) is 4.90 Å². The molecule has 0 saturated carbocycles. The minimum atomic E-state index is -0.598. The summed E-state index contributed by atoms with van der Waals surface area (Å²) in [7, 11) is 0. The molecule has 5 heteroatoms. The molecule has 0 atom stereocenters. The Kier molecular flexibility index (Phi) is 4.12. The van der Waals surface area contributed by atoms with Crippen LogP contribution in [0.1, 0.15) is 15.9 Å². The second-order valence-electron chi connectivity index (χ2n) is 4.10. The van der Waals surface area contributed by atoms with Gasteiger partial charge in [0.15, 0.2) is 0 Å². The summed E-state index contributed by atoms with van der Waals surface area (Å²) >= 11 is 10.1. The van der Waals surface area contributed by atoms with Gasteiger partial charge in [-0.2, -0.15) is 0 Å². The van der Waals surface area contributed by atoms with Crippen molar-refractivity contribution in [2.45, 2.75) is 11.8 Å². The zero-order valence-electron chi connectivity index (χ0n) is 10.1. The molecule has 2 nitrogen and oxygen atoms in total.